The fourth-order valence-corrected chi connectivity index (χ4v) is 3.71. The monoisotopic (exact) mass is 340 g/mol. The average molecular weight is 341 g/mol. The molecule has 2 saturated heterocycles. The Morgan fingerprint density at radius 3 is 3.10 bits per heavy atom. The lowest BCUT2D eigenvalue weighted by molar-refractivity contribution is -0.140. The van der Waals surface area contributed by atoms with Gasteiger partial charge in [-0.25, -0.2) is 4.39 Å². The molecule has 5 heteroatoms. The molecule has 1 aromatic rings. The molecule has 20 heavy (non-hydrogen) atoms. The number of benzene rings is 1. The van der Waals surface area contributed by atoms with Gasteiger partial charge < -0.3 is 10.2 Å². The van der Waals surface area contributed by atoms with E-state index in [0.29, 0.717) is 24.4 Å². The van der Waals surface area contributed by atoms with E-state index in [0.717, 1.165) is 30.4 Å². The molecule has 1 N–H and O–H groups in total. The van der Waals surface area contributed by atoms with E-state index < -0.39 is 0 Å². The Morgan fingerprint density at radius 1 is 1.40 bits per heavy atom. The van der Waals surface area contributed by atoms with Gasteiger partial charge in [0.15, 0.2) is 0 Å². The van der Waals surface area contributed by atoms with Gasteiger partial charge in [-0.15, -0.1) is 0 Å². The molecule has 3 rings (SSSR count). The van der Waals surface area contributed by atoms with Gasteiger partial charge in [0.2, 0.25) is 5.91 Å². The summed E-state index contributed by atoms with van der Waals surface area (Å²) in [5, 5.41) is 3.38. The zero-order valence-corrected chi connectivity index (χ0v) is 12.8. The summed E-state index contributed by atoms with van der Waals surface area (Å²) in [7, 11) is 0. The standard InChI is InChI=1S/C15H18BrFN2O/c16-12-2-3-13(17)11(7-12)9-19-14-5-6-18-8-10(14)1-4-15(19)20/h2-3,7,10,14,18H,1,4-6,8-9H2. The van der Waals surface area contributed by atoms with Crippen molar-refractivity contribution in [3.63, 3.8) is 0 Å². The van der Waals surface area contributed by atoms with Crippen LogP contribution in [0.15, 0.2) is 22.7 Å². The molecule has 0 bridgehead atoms. The van der Waals surface area contributed by atoms with Gasteiger partial charge in [-0.1, -0.05) is 15.9 Å². The molecule has 2 heterocycles. The van der Waals surface area contributed by atoms with Gasteiger partial charge in [-0.05, 0) is 50.0 Å². The highest BCUT2D eigenvalue weighted by molar-refractivity contribution is 9.10. The molecule has 0 aromatic heterocycles. The number of nitrogens with one attached hydrogen (secondary N) is 1. The molecule has 1 aromatic carbocycles. The smallest absolute Gasteiger partial charge is 0.223 e. The first-order chi connectivity index (χ1) is 9.65. The summed E-state index contributed by atoms with van der Waals surface area (Å²) >= 11 is 3.37. The second kappa shape index (κ2) is 5.82. The number of piperidine rings is 2. The van der Waals surface area contributed by atoms with Gasteiger partial charge in [0.05, 0.1) is 0 Å². The van der Waals surface area contributed by atoms with Crippen LogP contribution in [0.5, 0.6) is 0 Å². The van der Waals surface area contributed by atoms with Gasteiger partial charge >= 0.3 is 0 Å². The Morgan fingerprint density at radius 2 is 2.25 bits per heavy atom. The number of halogens is 2. The molecule has 2 aliphatic rings. The van der Waals surface area contributed by atoms with E-state index in [9.17, 15) is 9.18 Å². The number of amides is 1. The molecule has 2 unspecified atom stereocenters. The summed E-state index contributed by atoms with van der Waals surface area (Å²) in [6, 6.07) is 5.17. The fourth-order valence-electron chi connectivity index (χ4n) is 3.30. The van der Waals surface area contributed by atoms with Crippen LogP contribution in [0.4, 0.5) is 4.39 Å². The number of likely N-dealkylation sites (tertiary alicyclic amines) is 1. The van der Waals surface area contributed by atoms with E-state index in [1.807, 2.05) is 4.90 Å². The van der Waals surface area contributed by atoms with Crippen LogP contribution in [0.25, 0.3) is 0 Å². The molecule has 2 atom stereocenters. The third kappa shape index (κ3) is 2.74. The van der Waals surface area contributed by atoms with Gasteiger partial charge in [0.1, 0.15) is 5.82 Å². The molecule has 2 fully saturated rings. The van der Waals surface area contributed by atoms with Crippen LogP contribution >= 0.6 is 15.9 Å². The molecule has 108 valence electrons. The maximum absolute atomic E-state index is 13.9. The van der Waals surface area contributed by atoms with Crippen molar-refractivity contribution in [3.8, 4) is 0 Å². The number of hydrogen-bond acceptors (Lipinski definition) is 2. The lowest BCUT2D eigenvalue weighted by atomic mass is 9.84. The van der Waals surface area contributed by atoms with Crippen molar-refractivity contribution in [2.45, 2.75) is 31.8 Å². The lowest BCUT2D eigenvalue weighted by Crippen LogP contribution is -2.54. The van der Waals surface area contributed by atoms with Crippen molar-refractivity contribution in [2.75, 3.05) is 13.1 Å². The van der Waals surface area contributed by atoms with Crippen LogP contribution in [0.1, 0.15) is 24.8 Å². The van der Waals surface area contributed by atoms with Crippen molar-refractivity contribution in [1.82, 2.24) is 10.2 Å². The molecular formula is C15H18BrFN2O. The molecule has 0 spiro atoms. The van der Waals surface area contributed by atoms with Crippen molar-refractivity contribution in [1.29, 1.82) is 0 Å². The highest BCUT2D eigenvalue weighted by Gasteiger charge is 2.37. The Kier molecular flexibility index (Phi) is 4.08. The van der Waals surface area contributed by atoms with Gasteiger partial charge in [-0.3, -0.25) is 4.79 Å². The minimum absolute atomic E-state index is 0.160. The summed E-state index contributed by atoms with van der Waals surface area (Å²) in [5.74, 6) is 0.432. The highest BCUT2D eigenvalue weighted by Crippen LogP contribution is 2.30. The zero-order valence-electron chi connectivity index (χ0n) is 11.2. The first-order valence-corrected chi connectivity index (χ1v) is 7.88. The molecular weight excluding hydrogens is 323 g/mol. The van der Waals surface area contributed by atoms with Crippen LogP contribution in [0.3, 0.4) is 0 Å². The number of hydrogen-bond donors (Lipinski definition) is 1. The van der Waals surface area contributed by atoms with Crippen molar-refractivity contribution in [3.05, 3.63) is 34.1 Å². The summed E-state index contributed by atoms with van der Waals surface area (Å²) in [5.41, 5.74) is 0.590. The van der Waals surface area contributed by atoms with E-state index in [1.54, 1.807) is 12.1 Å². The van der Waals surface area contributed by atoms with E-state index in [1.165, 1.54) is 6.07 Å². The van der Waals surface area contributed by atoms with Crippen LogP contribution in [-0.4, -0.2) is 29.9 Å². The summed E-state index contributed by atoms with van der Waals surface area (Å²) < 4.78 is 14.8. The average Bonchev–Trinajstić information content (AvgIpc) is 2.46. The number of rotatable bonds is 2. The molecule has 2 aliphatic heterocycles. The van der Waals surface area contributed by atoms with E-state index in [2.05, 4.69) is 21.2 Å². The molecule has 0 radical (unpaired) electrons. The Labute approximate surface area is 126 Å². The summed E-state index contributed by atoms with van der Waals surface area (Å²) in [6.45, 7) is 2.28. The largest absolute Gasteiger partial charge is 0.335 e. The number of carbonyl (C=O) groups excluding carboxylic acids is 1. The predicted octanol–water partition coefficient (Wildman–Crippen LogP) is 2.69. The number of nitrogens with zero attached hydrogens (tertiary/aromatic N) is 1. The van der Waals surface area contributed by atoms with Crippen LogP contribution in [0, 0.1) is 11.7 Å². The zero-order chi connectivity index (χ0) is 14.1. The van der Waals surface area contributed by atoms with Crippen LogP contribution in [0.2, 0.25) is 0 Å². The fraction of sp³-hybridized carbons (Fsp3) is 0.533. The van der Waals surface area contributed by atoms with Crippen LogP contribution in [-0.2, 0) is 11.3 Å². The van der Waals surface area contributed by atoms with E-state index in [-0.39, 0.29) is 17.8 Å². The third-order valence-electron chi connectivity index (χ3n) is 4.37. The van der Waals surface area contributed by atoms with Gasteiger partial charge in [0.25, 0.3) is 0 Å². The maximum atomic E-state index is 13.9. The minimum atomic E-state index is -0.239. The highest BCUT2D eigenvalue weighted by atomic mass is 79.9. The van der Waals surface area contributed by atoms with Crippen LogP contribution < -0.4 is 5.32 Å². The quantitative estimate of drug-likeness (QED) is 0.897. The Hall–Kier alpha value is -0.940. The van der Waals surface area contributed by atoms with Gasteiger partial charge in [0, 0.05) is 29.0 Å². The first kappa shape index (κ1) is 14.0. The summed E-state index contributed by atoms with van der Waals surface area (Å²) in [6.07, 6.45) is 2.50. The third-order valence-corrected chi connectivity index (χ3v) is 4.86. The SMILES string of the molecule is O=C1CCC2CNCCC2N1Cc1cc(Br)ccc1F. The second-order valence-corrected chi connectivity index (χ2v) is 6.53. The molecule has 3 nitrogen and oxygen atoms in total. The topological polar surface area (TPSA) is 32.3 Å². The second-order valence-electron chi connectivity index (χ2n) is 5.62. The Bertz CT molecular complexity index is 523. The predicted molar refractivity (Wildman–Crippen MR) is 78.6 cm³/mol. The summed E-state index contributed by atoms with van der Waals surface area (Å²) in [4.78, 5) is 14.1. The molecule has 0 aliphatic carbocycles. The Balaban J connectivity index is 1.83. The number of fused-ring (bicyclic) bond motifs is 1. The molecule has 0 saturated carbocycles. The number of carbonyl (C=O) groups is 1. The van der Waals surface area contributed by atoms with E-state index >= 15 is 0 Å². The molecule has 1 amide bonds. The van der Waals surface area contributed by atoms with Crippen molar-refractivity contribution >= 4 is 21.8 Å². The van der Waals surface area contributed by atoms with Crippen molar-refractivity contribution in [2.24, 2.45) is 5.92 Å². The lowest BCUT2D eigenvalue weighted by Gasteiger charge is -2.44. The normalized spacial score (nSPS) is 26.5. The minimum Gasteiger partial charge on any atom is -0.335 e. The maximum Gasteiger partial charge on any atom is 0.223 e. The first-order valence-electron chi connectivity index (χ1n) is 7.09. The van der Waals surface area contributed by atoms with Crippen molar-refractivity contribution < 1.29 is 9.18 Å². The van der Waals surface area contributed by atoms with Gasteiger partial charge in [-0.2, -0.15) is 0 Å². The van der Waals surface area contributed by atoms with E-state index in [4.69, 9.17) is 0 Å².